The normalized spacial score (nSPS) is 14.9. The SMILES string of the molecule is C=C1C(=O)N=C(n2nc(C(C)(C)C)cc2NC(=O)c2ccccc2S(=O)(=O)C(F)F)N=C1C. The monoisotopic (exact) mass is 477 g/mol. The summed E-state index contributed by atoms with van der Waals surface area (Å²) in [4.78, 5) is 32.3. The van der Waals surface area contributed by atoms with E-state index in [0.717, 1.165) is 16.8 Å². The Morgan fingerprint density at radius 1 is 1.18 bits per heavy atom. The number of benzene rings is 1. The molecular weight excluding hydrogens is 456 g/mol. The van der Waals surface area contributed by atoms with E-state index in [-0.39, 0.29) is 17.4 Å². The number of aliphatic imine (C=N–C) groups is 2. The van der Waals surface area contributed by atoms with E-state index >= 15 is 0 Å². The van der Waals surface area contributed by atoms with Crippen LogP contribution in [0.2, 0.25) is 0 Å². The highest BCUT2D eigenvalue weighted by Gasteiger charge is 2.32. The summed E-state index contributed by atoms with van der Waals surface area (Å²) in [5.74, 6) is -5.41. The maximum Gasteiger partial charge on any atom is 0.341 e. The van der Waals surface area contributed by atoms with Crippen LogP contribution in [0.5, 0.6) is 0 Å². The highest BCUT2D eigenvalue weighted by atomic mass is 32.2. The second kappa shape index (κ2) is 8.43. The van der Waals surface area contributed by atoms with Gasteiger partial charge in [0.25, 0.3) is 17.8 Å². The number of rotatable bonds is 4. The van der Waals surface area contributed by atoms with Crippen LogP contribution in [0.25, 0.3) is 0 Å². The molecule has 1 aromatic heterocycles. The van der Waals surface area contributed by atoms with E-state index in [0.29, 0.717) is 11.4 Å². The van der Waals surface area contributed by atoms with Gasteiger partial charge in [-0.1, -0.05) is 39.5 Å². The number of anilines is 1. The smallest absolute Gasteiger partial charge is 0.306 e. The van der Waals surface area contributed by atoms with Crippen molar-refractivity contribution in [3.05, 3.63) is 53.7 Å². The van der Waals surface area contributed by atoms with Crippen LogP contribution in [0, 0.1) is 0 Å². The molecule has 12 heteroatoms. The minimum Gasteiger partial charge on any atom is -0.306 e. The Hall–Kier alpha value is -3.54. The molecule has 0 saturated carbocycles. The van der Waals surface area contributed by atoms with Crippen molar-refractivity contribution < 1.29 is 26.8 Å². The van der Waals surface area contributed by atoms with E-state index < -0.39 is 43.3 Å². The zero-order valence-electron chi connectivity index (χ0n) is 18.3. The third kappa shape index (κ3) is 4.65. The zero-order chi connectivity index (χ0) is 24.7. The number of amides is 2. The molecule has 0 fully saturated rings. The number of hydrogen-bond acceptors (Lipinski definition) is 6. The number of sulfone groups is 1. The number of aromatic nitrogens is 2. The maximum atomic E-state index is 13.1. The molecule has 174 valence electrons. The van der Waals surface area contributed by atoms with Crippen molar-refractivity contribution >= 4 is 39.1 Å². The van der Waals surface area contributed by atoms with Crippen molar-refractivity contribution in [1.29, 1.82) is 0 Å². The zero-order valence-corrected chi connectivity index (χ0v) is 19.1. The van der Waals surface area contributed by atoms with Gasteiger partial charge in [0.05, 0.1) is 27.4 Å². The molecule has 3 rings (SSSR count). The Morgan fingerprint density at radius 3 is 2.39 bits per heavy atom. The summed E-state index contributed by atoms with van der Waals surface area (Å²) in [6.07, 6.45) is 0. The number of nitrogens with zero attached hydrogens (tertiary/aromatic N) is 4. The first-order chi connectivity index (χ1) is 15.2. The molecule has 1 N–H and O–H groups in total. The van der Waals surface area contributed by atoms with Gasteiger partial charge in [-0.3, -0.25) is 9.59 Å². The Labute approximate surface area is 188 Å². The third-order valence-corrected chi connectivity index (χ3v) is 6.18. The minimum atomic E-state index is -5.03. The molecule has 1 aromatic carbocycles. The number of carbonyl (C=O) groups excluding carboxylic acids is 2. The standard InChI is InChI=1S/C21H21F2N5O4S/c1-11-12(2)24-20(26-17(11)29)28-16(10-15(27-28)21(3,4)5)25-18(30)13-8-6-7-9-14(13)33(31,32)19(22)23/h6-10,19H,1H2,2-5H3,(H,25,30). The Bertz CT molecular complexity index is 1330. The number of carbonyl (C=O) groups is 2. The van der Waals surface area contributed by atoms with E-state index in [9.17, 15) is 26.8 Å². The van der Waals surface area contributed by atoms with Gasteiger partial charge in [0.2, 0.25) is 9.84 Å². The van der Waals surface area contributed by atoms with E-state index in [1.165, 1.54) is 18.2 Å². The van der Waals surface area contributed by atoms with Crippen molar-refractivity contribution in [3.8, 4) is 0 Å². The quantitative estimate of drug-likeness (QED) is 0.678. The Kier molecular flexibility index (Phi) is 6.16. The summed E-state index contributed by atoms with van der Waals surface area (Å²) in [7, 11) is -5.03. The highest BCUT2D eigenvalue weighted by Crippen LogP contribution is 2.27. The van der Waals surface area contributed by atoms with Crippen LogP contribution in [-0.4, -0.2) is 47.4 Å². The van der Waals surface area contributed by atoms with E-state index in [4.69, 9.17) is 0 Å². The molecular formula is C21H21F2N5O4S. The number of alkyl halides is 2. The van der Waals surface area contributed by atoms with Crippen LogP contribution in [-0.2, 0) is 20.0 Å². The summed E-state index contributed by atoms with van der Waals surface area (Å²) in [5.41, 5.74) is -0.0399. The van der Waals surface area contributed by atoms with E-state index in [2.05, 4.69) is 27.0 Å². The van der Waals surface area contributed by atoms with Crippen molar-refractivity contribution in [2.24, 2.45) is 9.98 Å². The Balaban J connectivity index is 2.10. The van der Waals surface area contributed by atoms with Gasteiger partial charge >= 0.3 is 5.76 Å². The predicted molar refractivity (Wildman–Crippen MR) is 119 cm³/mol. The van der Waals surface area contributed by atoms with Crippen molar-refractivity contribution in [1.82, 2.24) is 9.78 Å². The molecule has 0 atom stereocenters. The van der Waals surface area contributed by atoms with Gasteiger partial charge in [-0.2, -0.15) is 23.6 Å². The first-order valence-electron chi connectivity index (χ1n) is 9.64. The van der Waals surface area contributed by atoms with Crippen molar-refractivity contribution in [2.75, 3.05) is 5.32 Å². The first kappa shape index (κ1) is 24.1. The first-order valence-corrected chi connectivity index (χ1v) is 11.2. The second-order valence-electron chi connectivity index (χ2n) is 8.23. The van der Waals surface area contributed by atoms with Gasteiger partial charge in [0.1, 0.15) is 5.82 Å². The number of nitrogens with one attached hydrogen (secondary N) is 1. The topological polar surface area (TPSA) is 123 Å². The summed E-state index contributed by atoms with van der Waals surface area (Å²) >= 11 is 0. The van der Waals surface area contributed by atoms with Gasteiger partial charge in [0, 0.05) is 11.5 Å². The van der Waals surface area contributed by atoms with Crippen molar-refractivity contribution in [3.63, 3.8) is 0 Å². The molecule has 0 unspecified atom stereocenters. The fraction of sp³-hybridized carbons (Fsp3) is 0.286. The van der Waals surface area contributed by atoms with Crippen LogP contribution in [0.15, 0.2) is 57.4 Å². The lowest BCUT2D eigenvalue weighted by Gasteiger charge is -2.14. The molecule has 9 nitrogen and oxygen atoms in total. The van der Waals surface area contributed by atoms with Crippen molar-refractivity contribution in [2.45, 2.75) is 43.8 Å². The minimum absolute atomic E-state index is 0.0183. The number of hydrogen-bond donors (Lipinski definition) is 1. The third-order valence-electron chi connectivity index (χ3n) is 4.75. The predicted octanol–water partition coefficient (Wildman–Crippen LogP) is 3.19. The molecule has 2 aromatic rings. The Morgan fingerprint density at radius 2 is 1.82 bits per heavy atom. The van der Waals surface area contributed by atoms with Crippen LogP contribution < -0.4 is 5.32 Å². The lowest BCUT2D eigenvalue weighted by atomic mass is 9.92. The maximum absolute atomic E-state index is 13.1. The van der Waals surface area contributed by atoms with Crippen LogP contribution in [0.3, 0.4) is 0 Å². The molecule has 0 aliphatic carbocycles. The van der Waals surface area contributed by atoms with Gasteiger partial charge in [-0.25, -0.2) is 13.4 Å². The van der Waals surface area contributed by atoms with Crippen LogP contribution >= 0.6 is 0 Å². The molecule has 33 heavy (non-hydrogen) atoms. The summed E-state index contributed by atoms with van der Waals surface area (Å²) in [5, 5.41) is 6.87. The molecule has 2 heterocycles. The fourth-order valence-corrected chi connectivity index (χ4v) is 3.75. The lowest BCUT2D eigenvalue weighted by Crippen LogP contribution is -2.26. The van der Waals surface area contributed by atoms with Gasteiger partial charge < -0.3 is 5.32 Å². The highest BCUT2D eigenvalue weighted by molar-refractivity contribution is 7.91. The van der Waals surface area contributed by atoms with Crippen LogP contribution in [0.1, 0.15) is 43.7 Å². The second-order valence-corrected chi connectivity index (χ2v) is 10.1. The lowest BCUT2D eigenvalue weighted by molar-refractivity contribution is -0.113. The molecule has 0 bridgehead atoms. The molecule has 0 spiro atoms. The number of halogens is 2. The average molecular weight is 477 g/mol. The molecule has 0 saturated heterocycles. The molecule has 1 aliphatic heterocycles. The largest absolute Gasteiger partial charge is 0.341 e. The summed E-state index contributed by atoms with van der Waals surface area (Å²) in [6, 6.07) is 6.13. The van der Waals surface area contributed by atoms with Gasteiger partial charge in [-0.05, 0) is 19.1 Å². The van der Waals surface area contributed by atoms with E-state index in [1.807, 2.05) is 20.8 Å². The van der Waals surface area contributed by atoms with Gasteiger partial charge in [-0.15, -0.1) is 0 Å². The molecule has 1 aliphatic rings. The average Bonchev–Trinajstić information content (AvgIpc) is 3.15. The fourth-order valence-electron chi connectivity index (χ4n) is 2.82. The summed E-state index contributed by atoms with van der Waals surface area (Å²) in [6.45, 7) is 10.7. The van der Waals surface area contributed by atoms with Crippen LogP contribution in [0.4, 0.5) is 14.6 Å². The molecule has 2 amide bonds. The molecule has 0 radical (unpaired) electrons. The van der Waals surface area contributed by atoms with Gasteiger partial charge in [0.15, 0.2) is 0 Å². The summed E-state index contributed by atoms with van der Waals surface area (Å²) < 4.78 is 51.4. The van der Waals surface area contributed by atoms with E-state index in [1.54, 1.807) is 6.92 Å².